The van der Waals surface area contributed by atoms with Crippen molar-refractivity contribution >= 4 is 5.78 Å². The van der Waals surface area contributed by atoms with E-state index in [2.05, 4.69) is 15.5 Å². The molecule has 0 aliphatic carbocycles. The molecule has 2 heterocycles. The summed E-state index contributed by atoms with van der Waals surface area (Å²) in [6.07, 6.45) is 0. The molecule has 0 atom stereocenters. The van der Waals surface area contributed by atoms with Gasteiger partial charge in [0.15, 0.2) is 11.6 Å². The number of Topliss-reactive ketones (excluding diaryl/α,β-unsaturated/α-hetero) is 1. The van der Waals surface area contributed by atoms with E-state index in [1.165, 1.54) is 6.92 Å². The first-order valence-corrected chi connectivity index (χ1v) is 3.93. The summed E-state index contributed by atoms with van der Waals surface area (Å²) in [5.74, 6) is 1.31. The van der Waals surface area contributed by atoms with Crippen LogP contribution in [-0.2, 0) is 13.1 Å². The van der Waals surface area contributed by atoms with Crippen LogP contribution in [0, 0.1) is 0 Å². The monoisotopic (exact) mass is 166 g/mol. The zero-order chi connectivity index (χ0) is 8.55. The Morgan fingerprint density at radius 3 is 3.17 bits per heavy atom. The molecule has 1 N–H and O–H groups in total. The molecule has 5 heteroatoms. The quantitative estimate of drug-likeness (QED) is 0.576. The molecule has 1 aromatic heterocycles. The minimum absolute atomic E-state index is 0.0179. The molecule has 0 spiro atoms. The summed E-state index contributed by atoms with van der Waals surface area (Å²) < 4.78 is 1.87. The van der Waals surface area contributed by atoms with Crippen LogP contribution in [0.15, 0.2) is 0 Å². The van der Waals surface area contributed by atoms with Crippen molar-refractivity contribution in [3.8, 4) is 0 Å². The number of aromatic nitrogens is 3. The second-order valence-corrected chi connectivity index (χ2v) is 2.82. The smallest absolute Gasteiger partial charge is 0.199 e. The number of rotatable bonds is 1. The number of carbonyl (C=O) groups excluding carboxylic acids is 1. The molecule has 0 bridgehead atoms. The molecule has 5 nitrogen and oxygen atoms in total. The molecule has 0 radical (unpaired) electrons. The van der Waals surface area contributed by atoms with E-state index in [-0.39, 0.29) is 5.78 Å². The van der Waals surface area contributed by atoms with E-state index in [1.54, 1.807) is 0 Å². The van der Waals surface area contributed by atoms with Crippen LogP contribution in [0.5, 0.6) is 0 Å². The maximum atomic E-state index is 11.0. The highest BCUT2D eigenvalue weighted by molar-refractivity contribution is 5.90. The fraction of sp³-hybridized carbons (Fsp3) is 0.571. The summed E-state index contributed by atoms with van der Waals surface area (Å²) in [5.41, 5.74) is 0. The van der Waals surface area contributed by atoms with Gasteiger partial charge in [-0.1, -0.05) is 0 Å². The molecule has 1 aliphatic rings. The standard InChI is InChI=1S/C7H10N4O/c1-5(12)7-10-9-6-4-8-2-3-11(6)7/h8H,2-4H2,1H3. The van der Waals surface area contributed by atoms with Gasteiger partial charge < -0.3 is 9.88 Å². The third kappa shape index (κ3) is 1.02. The Hall–Kier alpha value is -1.23. The second-order valence-electron chi connectivity index (χ2n) is 2.82. The predicted octanol–water partition coefficient (Wildman–Crippen LogP) is -0.416. The number of fused-ring (bicyclic) bond motifs is 1. The Morgan fingerprint density at radius 2 is 2.42 bits per heavy atom. The lowest BCUT2D eigenvalue weighted by Crippen LogP contribution is -2.29. The van der Waals surface area contributed by atoms with Crippen LogP contribution in [-0.4, -0.2) is 27.1 Å². The van der Waals surface area contributed by atoms with Crippen LogP contribution < -0.4 is 5.32 Å². The molecule has 2 rings (SSSR count). The van der Waals surface area contributed by atoms with Gasteiger partial charge in [0.2, 0.25) is 0 Å². The fourth-order valence-corrected chi connectivity index (χ4v) is 1.35. The van der Waals surface area contributed by atoms with E-state index >= 15 is 0 Å². The van der Waals surface area contributed by atoms with Gasteiger partial charge in [-0.2, -0.15) is 0 Å². The third-order valence-electron chi connectivity index (χ3n) is 1.94. The average molecular weight is 166 g/mol. The second kappa shape index (κ2) is 2.67. The van der Waals surface area contributed by atoms with Gasteiger partial charge in [-0.3, -0.25) is 4.79 Å². The van der Waals surface area contributed by atoms with Crippen molar-refractivity contribution in [2.24, 2.45) is 0 Å². The molecule has 0 saturated heterocycles. The van der Waals surface area contributed by atoms with E-state index < -0.39 is 0 Å². The van der Waals surface area contributed by atoms with E-state index in [9.17, 15) is 4.79 Å². The van der Waals surface area contributed by atoms with Crippen molar-refractivity contribution in [1.82, 2.24) is 20.1 Å². The number of nitrogens with zero attached hydrogens (tertiary/aromatic N) is 3. The van der Waals surface area contributed by atoms with E-state index in [0.29, 0.717) is 12.4 Å². The van der Waals surface area contributed by atoms with Gasteiger partial charge in [0, 0.05) is 20.0 Å². The molecule has 12 heavy (non-hydrogen) atoms. The topological polar surface area (TPSA) is 59.8 Å². The molecule has 0 unspecified atom stereocenters. The normalized spacial score (nSPS) is 15.8. The van der Waals surface area contributed by atoms with Crippen LogP contribution in [0.3, 0.4) is 0 Å². The summed E-state index contributed by atoms with van der Waals surface area (Å²) in [5, 5.41) is 10.9. The summed E-state index contributed by atoms with van der Waals surface area (Å²) in [6.45, 7) is 3.89. The summed E-state index contributed by atoms with van der Waals surface area (Å²) >= 11 is 0. The van der Waals surface area contributed by atoms with Crippen molar-refractivity contribution in [2.75, 3.05) is 6.54 Å². The molecule has 0 saturated carbocycles. The predicted molar refractivity (Wildman–Crippen MR) is 41.7 cm³/mol. The molecule has 0 amide bonds. The Kier molecular flexibility index (Phi) is 1.65. The largest absolute Gasteiger partial charge is 0.308 e. The zero-order valence-corrected chi connectivity index (χ0v) is 6.87. The summed E-state index contributed by atoms with van der Waals surface area (Å²) in [6, 6.07) is 0. The van der Waals surface area contributed by atoms with Gasteiger partial charge in [-0.05, 0) is 0 Å². The molecular formula is C7H10N4O. The van der Waals surface area contributed by atoms with Gasteiger partial charge in [0.25, 0.3) is 0 Å². The summed E-state index contributed by atoms with van der Waals surface area (Å²) in [7, 11) is 0. The third-order valence-corrected chi connectivity index (χ3v) is 1.94. The molecule has 0 aromatic carbocycles. The first-order valence-electron chi connectivity index (χ1n) is 3.93. The lowest BCUT2D eigenvalue weighted by molar-refractivity contribution is 0.0998. The lowest BCUT2D eigenvalue weighted by Gasteiger charge is -2.14. The molecule has 64 valence electrons. The molecular weight excluding hydrogens is 156 g/mol. The highest BCUT2D eigenvalue weighted by atomic mass is 16.1. The van der Waals surface area contributed by atoms with Crippen molar-refractivity contribution in [3.63, 3.8) is 0 Å². The molecule has 1 aliphatic heterocycles. The number of hydrogen-bond acceptors (Lipinski definition) is 4. The molecule has 0 fully saturated rings. The first-order chi connectivity index (χ1) is 5.79. The van der Waals surface area contributed by atoms with Crippen LogP contribution in [0.4, 0.5) is 0 Å². The SMILES string of the molecule is CC(=O)c1nnc2n1CCNC2. The Bertz CT molecular complexity index is 317. The van der Waals surface area contributed by atoms with Gasteiger partial charge in [0.05, 0.1) is 6.54 Å². The van der Waals surface area contributed by atoms with Crippen LogP contribution >= 0.6 is 0 Å². The van der Waals surface area contributed by atoms with E-state index in [4.69, 9.17) is 0 Å². The van der Waals surface area contributed by atoms with Crippen molar-refractivity contribution in [3.05, 3.63) is 11.6 Å². The van der Waals surface area contributed by atoms with Crippen LogP contribution in [0.25, 0.3) is 0 Å². The summed E-state index contributed by atoms with van der Waals surface area (Å²) in [4.78, 5) is 11.0. The Labute approximate surface area is 69.8 Å². The van der Waals surface area contributed by atoms with Crippen LogP contribution in [0.1, 0.15) is 23.4 Å². The number of carbonyl (C=O) groups is 1. The number of nitrogens with one attached hydrogen (secondary N) is 1. The van der Waals surface area contributed by atoms with Gasteiger partial charge in [-0.25, -0.2) is 0 Å². The maximum absolute atomic E-state index is 11.0. The Morgan fingerprint density at radius 1 is 1.58 bits per heavy atom. The van der Waals surface area contributed by atoms with Crippen molar-refractivity contribution in [2.45, 2.75) is 20.0 Å². The number of hydrogen-bond donors (Lipinski definition) is 1. The van der Waals surface area contributed by atoms with Gasteiger partial charge >= 0.3 is 0 Å². The van der Waals surface area contributed by atoms with Crippen LogP contribution in [0.2, 0.25) is 0 Å². The fourth-order valence-electron chi connectivity index (χ4n) is 1.35. The van der Waals surface area contributed by atoms with Gasteiger partial charge in [0.1, 0.15) is 5.82 Å². The van der Waals surface area contributed by atoms with E-state index in [0.717, 1.165) is 18.9 Å². The zero-order valence-electron chi connectivity index (χ0n) is 6.87. The lowest BCUT2D eigenvalue weighted by atomic mass is 10.3. The van der Waals surface area contributed by atoms with Gasteiger partial charge in [-0.15, -0.1) is 10.2 Å². The highest BCUT2D eigenvalue weighted by Gasteiger charge is 2.17. The van der Waals surface area contributed by atoms with Crippen molar-refractivity contribution in [1.29, 1.82) is 0 Å². The average Bonchev–Trinajstić information content (AvgIpc) is 2.47. The highest BCUT2D eigenvalue weighted by Crippen LogP contribution is 2.05. The Balaban J connectivity index is 2.44. The maximum Gasteiger partial charge on any atom is 0.199 e. The van der Waals surface area contributed by atoms with E-state index in [1.807, 2.05) is 4.57 Å². The van der Waals surface area contributed by atoms with Crippen molar-refractivity contribution < 1.29 is 4.79 Å². The first kappa shape index (κ1) is 7.42. The minimum atomic E-state index is -0.0179. The minimum Gasteiger partial charge on any atom is -0.308 e. The number of ketones is 1. The molecule has 1 aromatic rings.